The third kappa shape index (κ3) is 3.02. The van der Waals surface area contributed by atoms with E-state index in [1.54, 1.807) is 13.0 Å². The van der Waals surface area contributed by atoms with Gasteiger partial charge in [-0.15, -0.1) is 0 Å². The molecular weight excluding hydrogens is 197 g/mol. The second-order valence-electron chi connectivity index (χ2n) is 3.97. The summed E-state index contributed by atoms with van der Waals surface area (Å²) in [5, 5.41) is 11.9. The molecule has 0 aliphatic heterocycles. The summed E-state index contributed by atoms with van der Waals surface area (Å²) >= 11 is 0. The Bertz CT molecular complexity index is 383. The van der Waals surface area contributed by atoms with Gasteiger partial charge in [-0.2, -0.15) is 0 Å². The lowest BCUT2D eigenvalue weighted by Gasteiger charge is -2.17. The van der Waals surface area contributed by atoms with Gasteiger partial charge >= 0.3 is 0 Å². The van der Waals surface area contributed by atoms with Crippen LogP contribution in [0, 0.1) is 12.7 Å². The van der Waals surface area contributed by atoms with E-state index in [9.17, 15) is 14.3 Å². The maximum absolute atomic E-state index is 12.9. The standard InChI is InChI=1S/C11H14FNO2/c1-7-4-5-8(12)6-9(7)13-10(14)11(2,3)15/h4-6,15H,1-3H3,(H,13,14). The van der Waals surface area contributed by atoms with Gasteiger partial charge in [0.1, 0.15) is 11.4 Å². The highest BCUT2D eigenvalue weighted by Gasteiger charge is 2.24. The van der Waals surface area contributed by atoms with Crippen LogP contribution >= 0.6 is 0 Å². The molecule has 2 N–H and O–H groups in total. The predicted molar refractivity (Wildman–Crippen MR) is 56.1 cm³/mol. The van der Waals surface area contributed by atoms with Crippen molar-refractivity contribution in [2.75, 3.05) is 5.32 Å². The molecule has 0 spiro atoms. The first-order valence-electron chi connectivity index (χ1n) is 4.60. The van der Waals surface area contributed by atoms with Crippen LogP contribution in [0.3, 0.4) is 0 Å². The Labute approximate surface area is 87.9 Å². The van der Waals surface area contributed by atoms with Crippen molar-refractivity contribution < 1.29 is 14.3 Å². The van der Waals surface area contributed by atoms with Crippen LogP contribution in [0.4, 0.5) is 10.1 Å². The van der Waals surface area contributed by atoms with Gasteiger partial charge in [0.25, 0.3) is 5.91 Å². The second kappa shape index (κ2) is 3.98. The highest BCUT2D eigenvalue weighted by Crippen LogP contribution is 2.17. The molecule has 1 amide bonds. The fourth-order valence-corrected chi connectivity index (χ4v) is 1.00. The molecule has 82 valence electrons. The van der Waals surface area contributed by atoms with E-state index in [0.29, 0.717) is 5.69 Å². The summed E-state index contributed by atoms with van der Waals surface area (Å²) in [6.07, 6.45) is 0. The molecule has 4 heteroatoms. The van der Waals surface area contributed by atoms with Crippen molar-refractivity contribution in [3.8, 4) is 0 Å². The summed E-state index contributed by atoms with van der Waals surface area (Å²) in [4.78, 5) is 11.4. The molecule has 0 bridgehead atoms. The van der Waals surface area contributed by atoms with Gasteiger partial charge in [-0.25, -0.2) is 4.39 Å². The summed E-state index contributed by atoms with van der Waals surface area (Å²) in [5.74, 6) is -0.983. The quantitative estimate of drug-likeness (QED) is 0.784. The maximum atomic E-state index is 12.9. The monoisotopic (exact) mass is 211 g/mol. The number of nitrogens with one attached hydrogen (secondary N) is 1. The summed E-state index contributed by atoms with van der Waals surface area (Å²) in [5.41, 5.74) is -0.352. The van der Waals surface area contributed by atoms with Crippen molar-refractivity contribution in [3.63, 3.8) is 0 Å². The second-order valence-corrected chi connectivity index (χ2v) is 3.97. The van der Waals surface area contributed by atoms with Crippen LogP contribution in [0.1, 0.15) is 19.4 Å². The van der Waals surface area contributed by atoms with Crippen LogP contribution in [0.25, 0.3) is 0 Å². The van der Waals surface area contributed by atoms with Gasteiger partial charge in [-0.05, 0) is 38.5 Å². The van der Waals surface area contributed by atoms with Crippen molar-refractivity contribution in [2.24, 2.45) is 0 Å². The Morgan fingerprint density at radius 2 is 2.07 bits per heavy atom. The normalized spacial score (nSPS) is 11.3. The molecule has 0 unspecified atom stereocenters. The lowest BCUT2D eigenvalue weighted by Crippen LogP contribution is -2.36. The van der Waals surface area contributed by atoms with Crippen LogP contribution in [-0.2, 0) is 4.79 Å². The molecule has 0 fully saturated rings. The number of benzene rings is 1. The van der Waals surface area contributed by atoms with E-state index in [1.165, 1.54) is 26.0 Å². The van der Waals surface area contributed by atoms with Gasteiger partial charge in [-0.3, -0.25) is 4.79 Å². The average Bonchev–Trinajstić information content (AvgIpc) is 2.09. The summed E-state index contributed by atoms with van der Waals surface area (Å²) in [6.45, 7) is 4.49. The molecule has 1 aromatic carbocycles. The Balaban J connectivity index is 2.90. The lowest BCUT2D eigenvalue weighted by molar-refractivity contribution is -0.130. The van der Waals surface area contributed by atoms with Crippen LogP contribution in [-0.4, -0.2) is 16.6 Å². The van der Waals surface area contributed by atoms with Crippen molar-refractivity contribution in [2.45, 2.75) is 26.4 Å². The third-order valence-electron chi connectivity index (χ3n) is 2.00. The Kier molecular flexibility index (Phi) is 3.09. The van der Waals surface area contributed by atoms with E-state index in [-0.39, 0.29) is 0 Å². The van der Waals surface area contributed by atoms with Gasteiger partial charge < -0.3 is 10.4 Å². The van der Waals surface area contributed by atoms with E-state index in [2.05, 4.69) is 5.32 Å². The number of carbonyl (C=O) groups excluding carboxylic acids is 1. The number of halogens is 1. The third-order valence-corrected chi connectivity index (χ3v) is 2.00. The highest BCUT2D eigenvalue weighted by molar-refractivity contribution is 5.97. The molecule has 0 heterocycles. The van der Waals surface area contributed by atoms with E-state index >= 15 is 0 Å². The van der Waals surface area contributed by atoms with Gasteiger partial charge in [0, 0.05) is 5.69 Å². The number of aryl methyl sites for hydroxylation is 1. The van der Waals surface area contributed by atoms with E-state index in [4.69, 9.17) is 0 Å². The molecule has 0 aliphatic rings. The largest absolute Gasteiger partial charge is 0.381 e. The zero-order valence-corrected chi connectivity index (χ0v) is 8.97. The van der Waals surface area contributed by atoms with Crippen LogP contribution in [0.15, 0.2) is 18.2 Å². The topological polar surface area (TPSA) is 49.3 Å². The maximum Gasteiger partial charge on any atom is 0.255 e. The lowest BCUT2D eigenvalue weighted by atomic mass is 10.1. The van der Waals surface area contributed by atoms with Crippen molar-refractivity contribution in [1.82, 2.24) is 0 Å². The molecule has 0 aliphatic carbocycles. The van der Waals surface area contributed by atoms with E-state index in [0.717, 1.165) is 5.56 Å². The molecular formula is C11H14FNO2. The fourth-order valence-electron chi connectivity index (χ4n) is 1.00. The molecule has 0 aromatic heterocycles. The smallest absolute Gasteiger partial charge is 0.255 e. The van der Waals surface area contributed by atoms with Gasteiger partial charge in [0.15, 0.2) is 0 Å². The SMILES string of the molecule is Cc1ccc(F)cc1NC(=O)C(C)(C)O. The number of hydrogen-bond acceptors (Lipinski definition) is 2. The van der Waals surface area contributed by atoms with Gasteiger partial charge in [-0.1, -0.05) is 6.07 Å². The summed E-state index contributed by atoms with van der Waals surface area (Å²) in [6, 6.07) is 4.10. The number of rotatable bonds is 2. The van der Waals surface area contributed by atoms with Crippen molar-refractivity contribution in [3.05, 3.63) is 29.6 Å². The van der Waals surface area contributed by atoms with Crippen molar-refractivity contribution in [1.29, 1.82) is 0 Å². The van der Waals surface area contributed by atoms with E-state index < -0.39 is 17.3 Å². The zero-order chi connectivity index (χ0) is 11.6. The first-order valence-corrected chi connectivity index (χ1v) is 4.60. The number of hydrogen-bond donors (Lipinski definition) is 2. The molecule has 0 atom stereocenters. The first-order chi connectivity index (χ1) is 6.80. The predicted octanol–water partition coefficient (Wildman–Crippen LogP) is 1.84. The average molecular weight is 211 g/mol. The molecule has 1 aromatic rings. The molecule has 15 heavy (non-hydrogen) atoms. The fraction of sp³-hybridized carbons (Fsp3) is 0.364. The first kappa shape index (κ1) is 11.7. The Morgan fingerprint density at radius 3 is 2.60 bits per heavy atom. The molecule has 3 nitrogen and oxygen atoms in total. The minimum atomic E-state index is -1.47. The summed E-state index contributed by atoms with van der Waals surface area (Å²) in [7, 11) is 0. The Hall–Kier alpha value is -1.42. The number of anilines is 1. The number of carbonyl (C=O) groups is 1. The van der Waals surface area contributed by atoms with Crippen LogP contribution in [0.5, 0.6) is 0 Å². The molecule has 0 saturated carbocycles. The van der Waals surface area contributed by atoms with Crippen LogP contribution in [0.2, 0.25) is 0 Å². The highest BCUT2D eigenvalue weighted by atomic mass is 19.1. The minimum Gasteiger partial charge on any atom is -0.381 e. The zero-order valence-electron chi connectivity index (χ0n) is 8.97. The molecule has 0 saturated heterocycles. The minimum absolute atomic E-state index is 0.377. The number of amides is 1. The van der Waals surface area contributed by atoms with Crippen molar-refractivity contribution >= 4 is 11.6 Å². The van der Waals surface area contributed by atoms with Crippen LogP contribution < -0.4 is 5.32 Å². The Morgan fingerprint density at radius 1 is 1.47 bits per heavy atom. The number of aliphatic hydroxyl groups is 1. The molecule has 0 radical (unpaired) electrons. The molecule has 1 rings (SSSR count). The summed E-state index contributed by atoms with van der Waals surface area (Å²) < 4.78 is 12.9. The van der Waals surface area contributed by atoms with Gasteiger partial charge in [0.2, 0.25) is 0 Å². The van der Waals surface area contributed by atoms with E-state index in [1.807, 2.05) is 0 Å². The van der Waals surface area contributed by atoms with Gasteiger partial charge in [0.05, 0.1) is 0 Å².